The summed E-state index contributed by atoms with van der Waals surface area (Å²) in [6, 6.07) is 62.8. The first-order chi connectivity index (χ1) is 39.6. The molecule has 0 aliphatic carbocycles. The van der Waals surface area contributed by atoms with E-state index in [1.807, 2.05) is 102 Å². The first kappa shape index (κ1) is 43.8. The fourth-order valence-electron chi connectivity index (χ4n) is 10.8. The number of ether oxygens (including phenoxy) is 1. The van der Waals surface area contributed by atoms with Crippen molar-refractivity contribution in [1.29, 1.82) is 0 Å². The van der Waals surface area contributed by atoms with Crippen LogP contribution in [0.15, 0.2) is 206 Å². The molecule has 0 spiro atoms. The third kappa shape index (κ3) is 8.83. The maximum Gasteiger partial charge on any atom is 0.268 e. The molecule has 4 aromatic heterocycles. The zero-order valence-electron chi connectivity index (χ0n) is 50.7. The van der Waals surface area contributed by atoms with E-state index in [4.69, 9.17) is 15.2 Å². The van der Waals surface area contributed by atoms with Gasteiger partial charge in [-0.1, -0.05) is 188 Å². The molecule has 0 aliphatic heterocycles. The zero-order valence-corrected chi connectivity index (χ0v) is 47.0. The molecule has 13 rings (SSSR count). The Kier molecular flexibility index (Phi) is 11.0. The molecule has 0 bridgehead atoms. The van der Waals surface area contributed by atoms with Crippen molar-refractivity contribution in [2.24, 2.45) is 0 Å². The van der Waals surface area contributed by atoms with Crippen molar-refractivity contribution in [3.8, 4) is 56.6 Å². The molecule has 4 heterocycles. The third-order valence-electron chi connectivity index (χ3n) is 14.8. The second-order valence-corrected chi connectivity index (χ2v) is 22.2. The van der Waals surface area contributed by atoms with E-state index < -0.39 is 24.0 Å². The summed E-state index contributed by atoms with van der Waals surface area (Å²) >= 11 is 0. The van der Waals surface area contributed by atoms with Crippen LogP contribution in [0.3, 0.4) is 0 Å². The molecule has 386 valence electrons. The average Bonchev–Trinajstić information content (AvgIpc) is 2.53. The van der Waals surface area contributed by atoms with E-state index in [2.05, 4.69) is 160 Å². The molecule has 13 aromatic rings. The largest absolute Gasteiger partial charge is 0.510 e. The molecule has 78 heavy (non-hydrogen) atoms. The maximum atomic E-state index is 9.27. The van der Waals surface area contributed by atoms with Crippen LogP contribution in [0.4, 0.5) is 0 Å². The van der Waals surface area contributed by atoms with Crippen LogP contribution in [0.1, 0.15) is 86.2 Å². The monoisotopic (exact) mass is 1200 g/mol. The van der Waals surface area contributed by atoms with Crippen molar-refractivity contribution in [2.75, 3.05) is 0 Å². The number of imidazole rings is 1. The van der Waals surface area contributed by atoms with E-state index in [1.165, 1.54) is 10.8 Å². The first-order valence-electron chi connectivity index (χ1n) is 29.1. The quantitative estimate of drug-likeness (QED) is 0.107. The van der Waals surface area contributed by atoms with Gasteiger partial charge in [-0.2, -0.15) is 18.2 Å². The van der Waals surface area contributed by atoms with Gasteiger partial charge in [0.2, 0.25) is 0 Å². The smallest absolute Gasteiger partial charge is 0.268 e. The van der Waals surface area contributed by atoms with Crippen molar-refractivity contribution in [2.45, 2.75) is 72.1 Å². The van der Waals surface area contributed by atoms with E-state index in [1.54, 1.807) is 6.20 Å². The molecule has 0 amide bonds. The molecule has 0 fully saturated rings. The van der Waals surface area contributed by atoms with E-state index in [0.717, 1.165) is 77.4 Å². The summed E-state index contributed by atoms with van der Waals surface area (Å²) < 4.78 is 68.6. The van der Waals surface area contributed by atoms with Crippen LogP contribution in [-0.4, -0.2) is 18.7 Å². The minimum absolute atomic E-state index is 0. The third-order valence-corrected chi connectivity index (χ3v) is 14.8. The first-order valence-corrected chi connectivity index (χ1v) is 26.1. The SMILES string of the molecule is [2H]c1c([2H])c([2H])c(-c2cccc(-c3cc(C(C)(C)C)cc(C(C)(C)C)c3)c2-[n+]2[c-]n(-c3[c-]c(Oc4[c-]c5c(cc4)c4cc(-n6c7ccccc7c7ccccc76)ccc4n5-c4cc(C([2H])(C)C)ccn4)ccc3)c3ccccc32)c([2H])c1[2H].[Pt]. The van der Waals surface area contributed by atoms with Gasteiger partial charge in [-0.15, -0.1) is 29.7 Å². The molecular weight excluding hydrogens is 1130 g/mol. The van der Waals surface area contributed by atoms with E-state index >= 15 is 0 Å². The van der Waals surface area contributed by atoms with Gasteiger partial charge in [-0.25, -0.2) is 4.98 Å². The van der Waals surface area contributed by atoms with E-state index in [0.29, 0.717) is 34.3 Å². The van der Waals surface area contributed by atoms with Gasteiger partial charge in [0.1, 0.15) is 5.82 Å². The molecule has 0 saturated carbocycles. The molecule has 9 aromatic carbocycles. The molecule has 0 radical (unpaired) electrons. The number of para-hydroxylation sites is 5. The Bertz CT molecular complexity index is 4690. The van der Waals surface area contributed by atoms with Crippen molar-refractivity contribution < 1.29 is 38.6 Å². The van der Waals surface area contributed by atoms with Crippen LogP contribution >= 0.6 is 0 Å². The molecule has 0 N–H and O–H groups in total. The van der Waals surface area contributed by atoms with Crippen LogP contribution < -0.4 is 9.30 Å². The number of benzene rings is 9. The summed E-state index contributed by atoms with van der Waals surface area (Å²) in [4.78, 5) is 4.91. The molecule has 0 atom stereocenters. The average molecular weight is 1200 g/mol. The fraction of sp³-hybridized carbons (Fsp3) is 0.155. The maximum absolute atomic E-state index is 9.27. The summed E-state index contributed by atoms with van der Waals surface area (Å²) in [5.74, 6) is 0.670. The Balaban J connectivity index is 0.00000694. The number of hydrogen-bond acceptors (Lipinski definition) is 2. The van der Waals surface area contributed by atoms with Crippen molar-refractivity contribution in [3.63, 3.8) is 0 Å². The minimum atomic E-state index is -0.870. The van der Waals surface area contributed by atoms with Crippen molar-refractivity contribution in [3.05, 3.63) is 241 Å². The van der Waals surface area contributed by atoms with Gasteiger partial charge in [0, 0.05) is 62.1 Å². The van der Waals surface area contributed by atoms with E-state index in [9.17, 15) is 2.74 Å². The number of fused-ring (bicyclic) bond motifs is 7. The molecular formula is C71H59N5OPt-2. The Hall–Kier alpha value is -8.31. The number of aromatic nitrogens is 5. The Morgan fingerprint density at radius 3 is 1.88 bits per heavy atom. The van der Waals surface area contributed by atoms with Gasteiger partial charge in [0.25, 0.3) is 6.33 Å². The summed E-state index contributed by atoms with van der Waals surface area (Å²) in [7, 11) is 0. The normalized spacial score (nSPS) is 13.3. The number of rotatable bonds is 9. The van der Waals surface area contributed by atoms with Crippen molar-refractivity contribution >= 4 is 54.6 Å². The van der Waals surface area contributed by atoms with Gasteiger partial charge in [-0.3, -0.25) is 4.57 Å². The zero-order chi connectivity index (χ0) is 58.0. The number of nitrogens with zero attached hydrogens (tertiary/aromatic N) is 5. The van der Waals surface area contributed by atoms with Gasteiger partial charge in [-0.05, 0) is 109 Å². The minimum Gasteiger partial charge on any atom is -0.510 e. The fourth-order valence-corrected chi connectivity index (χ4v) is 10.8. The van der Waals surface area contributed by atoms with Crippen LogP contribution in [0.2, 0.25) is 0 Å². The summed E-state index contributed by atoms with van der Waals surface area (Å²) in [6.07, 6.45) is 5.44. The number of hydrogen-bond donors (Lipinski definition) is 0. The van der Waals surface area contributed by atoms with E-state index in [-0.39, 0.29) is 49.5 Å². The van der Waals surface area contributed by atoms with Crippen LogP contribution in [-0.2, 0) is 31.9 Å². The van der Waals surface area contributed by atoms with Crippen molar-refractivity contribution in [1.82, 2.24) is 18.7 Å². The Labute approximate surface area is 479 Å². The van der Waals surface area contributed by atoms with Crippen LogP contribution in [0.5, 0.6) is 11.5 Å². The molecule has 7 heteroatoms. The predicted octanol–water partition coefficient (Wildman–Crippen LogP) is 17.7. The number of pyridine rings is 1. The molecule has 0 saturated heterocycles. The predicted molar refractivity (Wildman–Crippen MR) is 317 cm³/mol. The van der Waals surface area contributed by atoms with Crippen LogP contribution in [0, 0.1) is 18.5 Å². The second-order valence-electron chi connectivity index (χ2n) is 22.2. The Morgan fingerprint density at radius 1 is 0.564 bits per heavy atom. The Morgan fingerprint density at radius 2 is 1.19 bits per heavy atom. The molecule has 6 nitrogen and oxygen atoms in total. The summed E-state index contributed by atoms with van der Waals surface area (Å²) in [6.45, 7) is 17.0. The molecule has 0 aliphatic rings. The van der Waals surface area contributed by atoms with Crippen LogP contribution in [0.25, 0.3) is 99.8 Å². The van der Waals surface area contributed by atoms with Gasteiger partial charge >= 0.3 is 0 Å². The standard InChI is InChI=1S/C71H59N5O.Pt/c1-46(2)48-36-37-72-68(40-48)76-64-35-32-53(75-62-28-14-12-24-58(62)59-25-13-15-29-63(59)75)43-61(64)60-34-33-55(44-67(60)76)77-54-23-18-22-52(42-54)73-45-74(66-31-17-16-30-65(66)73)69-56(47-20-10-9-11-21-47)26-19-27-57(69)49-38-50(70(3,4)5)41-51(39-49)71(6,7)8;/h9-41,43,46H,1-8H3;/q-2;/i9D,10D,11D,20D,21D,46D;. The summed E-state index contributed by atoms with van der Waals surface area (Å²) in [5.41, 5.74) is 12.7. The van der Waals surface area contributed by atoms with Gasteiger partial charge in [0.15, 0.2) is 0 Å². The second kappa shape index (κ2) is 19.6. The van der Waals surface area contributed by atoms with Gasteiger partial charge in [0.05, 0.1) is 34.6 Å². The molecule has 0 unspecified atom stereocenters. The topological polar surface area (TPSA) is 40.8 Å². The summed E-state index contributed by atoms with van der Waals surface area (Å²) in [5, 5.41) is 4.32. The van der Waals surface area contributed by atoms with Gasteiger partial charge < -0.3 is 18.4 Å².